The van der Waals surface area contributed by atoms with E-state index in [1.807, 2.05) is 6.92 Å². The lowest BCUT2D eigenvalue weighted by molar-refractivity contribution is 0.859. The molecule has 0 atom stereocenters. The maximum Gasteiger partial charge on any atom is 0.0383 e. The maximum atomic E-state index is 7.30. The van der Waals surface area contributed by atoms with Gasteiger partial charge in [0.05, 0.1) is 0 Å². The van der Waals surface area contributed by atoms with Crippen LogP contribution in [-0.2, 0) is 0 Å². The molecule has 1 rings (SSSR count). The van der Waals surface area contributed by atoms with Gasteiger partial charge in [-0.15, -0.1) is 0 Å². The summed E-state index contributed by atoms with van der Waals surface area (Å²) in [6, 6.07) is 6.35. The number of nitrogens with two attached hydrogens (primary N) is 2. The largest absolute Gasteiger partial charge is 0.404 e. The second kappa shape index (κ2) is 6.94. The molecule has 20 heavy (non-hydrogen) atoms. The number of nitrogens with one attached hydrogen (secondary N) is 1. The summed E-state index contributed by atoms with van der Waals surface area (Å²) in [5.41, 5.74) is 18.0. The van der Waals surface area contributed by atoms with Crippen molar-refractivity contribution in [2.45, 2.75) is 40.0 Å². The maximum absolute atomic E-state index is 7.30. The first-order chi connectivity index (χ1) is 9.40. The van der Waals surface area contributed by atoms with Crippen LogP contribution in [0.15, 0.2) is 35.5 Å². The van der Waals surface area contributed by atoms with Crippen LogP contribution in [0.1, 0.15) is 49.8 Å². The third-order valence-electron chi connectivity index (χ3n) is 3.45. The van der Waals surface area contributed by atoms with Crippen LogP contribution in [0.5, 0.6) is 0 Å². The molecule has 0 aliphatic carbocycles. The summed E-state index contributed by atoms with van der Waals surface area (Å²) in [6.45, 7) is 8.42. The highest BCUT2D eigenvalue weighted by atomic mass is 14.6. The van der Waals surface area contributed by atoms with Crippen molar-refractivity contribution < 1.29 is 0 Å². The van der Waals surface area contributed by atoms with E-state index in [2.05, 4.69) is 39.0 Å². The Balaban J connectivity index is 3.25. The molecule has 0 saturated heterocycles. The number of hydrogen-bond donors (Lipinski definition) is 3. The van der Waals surface area contributed by atoms with Gasteiger partial charge in [0.25, 0.3) is 0 Å². The van der Waals surface area contributed by atoms with Gasteiger partial charge < -0.3 is 16.9 Å². The summed E-state index contributed by atoms with van der Waals surface area (Å²) in [5.74, 6) is 0.420. The van der Waals surface area contributed by atoms with Gasteiger partial charge in [-0.05, 0) is 49.1 Å². The molecule has 1 aromatic rings. The molecule has 0 radical (unpaired) electrons. The second-order valence-electron chi connectivity index (χ2n) is 5.50. The topological polar surface area (TPSA) is 75.9 Å². The third-order valence-corrected chi connectivity index (χ3v) is 3.45. The third kappa shape index (κ3) is 3.73. The normalized spacial score (nSPS) is 13.3. The summed E-state index contributed by atoms with van der Waals surface area (Å²) >= 11 is 0. The van der Waals surface area contributed by atoms with Crippen molar-refractivity contribution in [1.29, 1.82) is 5.41 Å². The Labute approximate surface area is 121 Å². The summed E-state index contributed by atoms with van der Waals surface area (Å²) in [5, 5.41) is 7.30. The van der Waals surface area contributed by atoms with Crippen LogP contribution >= 0.6 is 0 Å². The fourth-order valence-electron chi connectivity index (χ4n) is 2.19. The lowest BCUT2D eigenvalue weighted by Crippen LogP contribution is -2.06. The van der Waals surface area contributed by atoms with Crippen LogP contribution < -0.4 is 11.5 Å². The van der Waals surface area contributed by atoms with E-state index >= 15 is 0 Å². The molecule has 0 heterocycles. The first kappa shape index (κ1) is 16.0. The number of benzene rings is 1. The van der Waals surface area contributed by atoms with Gasteiger partial charge in [-0.3, -0.25) is 0 Å². The summed E-state index contributed by atoms with van der Waals surface area (Å²) in [4.78, 5) is 0. The van der Waals surface area contributed by atoms with E-state index in [1.54, 1.807) is 0 Å². The Morgan fingerprint density at radius 2 is 2.00 bits per heavy atom. The monoisotopic (exact) mass is 271 g/mol. The SMILES string of the molecule is C/C(C/C(C=N)=C/N)=C(\N)c1ccc(C)cc1C(C)C. The number of rotatable bonds is 5. The van der Waals surface area contributed by atoms with Crippen LogP contribution in [0.3, 0.4) is 0 Å². The zero-order valence-electron chi connectivity index (χ0n) is 12.8. The quantitative estimate of drug-likeness (QED) is 0.714. The predicted octanol–water partition coefficient (Wildman–Crippen LogP) is 3.69. The van der Waals surface area contributed by atoms with Crippen LogP contribution in [0, 0.1) is 12.3 Å². The molecule has 0 spiro atoms. The van der Waals surface area contributed by atoms with Crippen molar-refractivity contribution in [1.82, 2.24) is 0 Å². The first-order valence-electron chi connectivity index (χ1n) is 6.88. The number of aryl methyl sites for hydroxylation is 1. The predicted molar refractivity (Wildman–Crippen MR) is 87.7 cm³/mol. The van der Waals surface area contributed by atoms with Gasteiger partial charge in [0.15, 0.2) is 0 Å². The zero-order chi connectivity index (χ0) is 15.3. The van der Waals surface area contributed by atoms with Crippen molar-refractivity contribution >= 4 is 11.9 Å². The van der Waals surface area contributed by atoms with E-state index in [4.69, 9.17) is 16.9 Å². The molecule has 0 amide bonds. The Morgan fingerprint density at radius 1 is 1.35 bits per heavy atom. The highest BCUT2D eigenvalue weighted by molar-refractivity contribution is 5.78. The van der Waals surface area contributed by atoms with Crippen molar-refractivity contribution in [3.8, 4) is 0 Å². The minimum Gasteiger partial charge on any atom is -0.404 e. The van der Waals surface area contributed by atoms with Crippen molar-refractivity contribution in [3.05, 3.63) is 52.2 Å². The van der Waals surface area contributed by atoms with Gasteiger partial charge in [0.1, 0.15) is 0 Å². The molecule has 0 aliphatic heterocycles. The van der Waals surface area contributed by atoms with E-state index in [0.717, 1.165) is 22.4 Å². The average molecular weight is 271 g/mol. The van der Waals surface area contributed by atoms with Gasteiger partial charge in [-0.25, -0.2) is 0 Å². The molecule has 0 fully saturated rings. The molecule has 0 bridgehead atoms. The summed E-state index contributed by atoms with van der Waals surface area (Å²) < 4.78 is 0. The van der Waals surface area contributed by atoms with Gasteiger partial charge in [-0.2, -0.15) is 0 Å². The van der Waals surface area contributed by atoms with Crippen LogP contribution in [0.2, 0.25) is 0 Å². The molecule has 0 aliphatic rings. The minimum absolute atomic E-state index is 0.420. The molecule has 5 N–H and O–H groups in total. The molecule has 0 aromatic heterocycles. The lowest BCUT2D eigenvalue weighted by atomic mass is 9.91. The number of allylic oxidation sites excluding steroid dienone is 2. The summed E-state index contributed by atoms with van der Waals surface area (Å²) in [7, 11) is 0. The van der Waals surface area contributed by atoms with Crippen LogP contribution in [0.25, 0.3) is 5.70 Å². The van der Waals surface area contributed by atoms with Gasteiger partial charge in [0, 0.05) is 17.5 Å². The Bertz CT molecular complexity index is 551. The molecule has 1 aromatic carbocycles. The highest BCUT2D eigenvalue weighted by Gasteiger charge is 2.11. The molecule has 0 saturated carbocycles. The molecule has 3 heteroatoms. The molecule has 0 unspecified atom stereocenters. The van der Waals surface area contributed by atoms with E-state index in [0.29, 0.717) is 12.3 Å². The van der Waals surface area contributed by atoms with Crippen LogP contribution in [0.4, 0.5) is 0 Å². The number of hydrogen-bond acceptors (Lipinski definition) is 3. The van der Waals surface area contributed by atoms with Crippen molar-refractivity contribution in [2.75, 3.05) is 0 Å². The fourth-order valence-corrected chi connectivity index (χ4v) is 2.19. The smallest absolute Gasteiger partial charge is 0.0383 e. The summed E-state index contributed by atoms with van der Waals surface area (Å²) in [6.07, 6.45) is 3.34. The second-order valence-corrected chi connectivity index (χ2v) is 5.50. The molecule has 108 valence electrons. The zero-order valence-corrected chi connectivity index (χ0v) is 12.8. The fraction of sp³-hybridized carbons (Fsp3) is 0.353. The highest BCUT2D eigenvalue weighted by Crippen LogP contribution is 2.27. The molecular formula is C17H25N3. The minimum atomic E-state index is 0.420. The average Bonchev–Trinajstić information content (AvgIpc) is 2.43. The van der Waals surface area contributed by atoms with Crippen molar-refractivity contribution in [3.63, 3.8) is 0 Å². The van der Waals surface area contributed by atoms with E-state index in [1.165, 1.54) is 23.5 Å². The Morgan fingerprint density at radius 3 is 2.50 bits per heavy atom. The van der Waals surface area contributed by atoms with Gasteiger partial charge >= 0.3 is 0 Å². The van der Waals surface area contributed by atoms with Gasteiger partial charge in [0.2, 0.25) is 0 Å². The van der Waals surface area contributed by atoms with E-state index in [9.17, 15) is 0 Å². The Hall–Kier alpha value is -2.03. The van der Waals surface area contributed by atoms with Crippen molar-refractivity contribution in [2.24, 2.45) is 11.5 Å². The van der Waals surface area contributed by atoms with Crippen LogP contribution in [-0.4, -0.2) is 6.21 Å². The molecular weight excluding hydrogens is 246 g/mol. The molecule has 3 nitrogen and oxygen atoms in total. The van der Waals surface area contributed by atoms with Gasteiger partial charge in [-0.1, -0.05) is 37.6 Å². The van der Waals surface area contributed by atoms with E-state index < -0.39 is 0 Å². The Kier molecular flexibility index (Phi) is 5.56. The first-order valence-corrected chi connectivity index (χ1v) is 6.88. The lowest BCUT2D eigenvalue weighted by Gasteiger charge is -2.16. The standard InChI is InChI=1S/C17H25N3/c1-11(2)16-7-12(3)5-6-15(16)17(20)13(4)8-14(9-18)10-19/h5-7,9-11,18H,8,19-20H2,1-4H3/b14-10-,17-13+,18-9?. The van der Waals surface area contributed by atoms with E-state index in [-0.39, 0.29) is 0 Å².